The Balaban J connectivity index is 0.00000161. The van der Waals surface area contributed by atoms with Crippen LogP contribution in [0.2, 0.25) is 0 Å². The molecule has 2 saturated heterocycles. The fraction of sp³-hybridized carbons (Fsp3) is 0.538. The number of hydrogen-bond acceptors (Lipinski definition) is 3. The van der Waals surface area contributed by atoms with Gasteiger partial charge in [-0.2, -0.15) is 4.31 Å². The molecule has 8 heteroatoms. The van der Waals surface area contributed by atoms with Crippen LogP contribution in [0.5, 0.6) is 0 Å². The van der Waals surface area contributed by atoms with Crippen molar-refractivity contribution in [3.63, 3.8) is 0 Å². The maximum absolute atomic E-state index is 13.9. The molecular formula is C13H17BrClFN2O2S. The van der Waals surface area contributed by atoms with Gasteiger partial charge in [0.1, 0.15) is 10.7 Å². The molecule has 2 heterocycles. The molecule has 118 valence electrons. The largest absolute Gasteiger partial charge is 0.316 e. The van der Waals surface area contributed by atoms with E-state index in [1.807, 2.05) is 0 Å². The summed E-state index contributed by atoms with van der Waals surface area (Å²) in [5.41, 5.74) is 0.0406. The van der Waals surface area contributed by atoms with Crippen LogP contribution < -0.4 is 5.32 Å². The van der Waals surface area contributed by atoms with Crippen molar-refractivity contribution in [3.05, 3.63) is 28.5 Å². The van der Waals surface area contributed by atoms with Crippen LogP contribution in [0, 0.1) is 11.2 Å². The molecule has 0 radical (unpaired) electrons. The SMILES string of the molecule is Cl.O=S(=O)(c1ccc(Br)cc1F)N1CCC2(CCNC2)C1. The lowest BCUT2D eigenvalue weighted by Gasteiger charge is -2.22. The minimum Gasteiger partial charge on any atom is -0.316 e. The molecule has 0 aromatic heterocycles. The summed E-state index contributed by atoms with van der Waals surface area (Å²) < 4.78 is 41.0. The first kappa shape index (κ1) is 17.1. The van der Waals surface area contributed by atoms with E-state index in [2.05, 4.69) is 21.2 Å². The fourth-order valence-corrected chi connectivity index (χ4v) is 5.00. The zero-order valence-corrected chi connectivity index (χ0v) is 14.5. The van der Waals surface area contributed by atoms with Gasteiger partial charge in [-0.3, -0.25) is 0 Å². The number of hydrogen-bond donors (Lipinski definition) is 1. The Kier molecular flexibility index (Phi) is 5.00. The van der Waals surface area contributed by atoms with Gasteiger partial charge in [0.25, 0.3) is 0 Å². The molecule has 0 aliphatic carbocycles. The summed E-state index contributed by atoms with van der Waals surface area (Å²) in [4.78, 5) is -0.233. The topological polar surface area (TPSA) is 49.4 Å². The molecule has 1 atom stereocenters. The summed E-state index contributed by atoms with van der Waals surface area (Å²) in [7, 11) is -3.74. The van der Waals surface area contributed by atoms with Crippen molar-refractivity contribution >= 4 is 38.4 Å². The highest BCUT2D eigenvalue weighted by Crippen LogP contribution is 2.38. The lowest BCUT2D eigenvalue weighted by molar-refractivity contribution is 0.337. The molecule has 2 aliphatic rings. The van der Waals surface area contributed by atoms with E-state index in [0.717, 1.165) is 25.9 Å². The standard InChI is InChI=1S/C13H16BrFN2O2S.ClH/c14-10-1-2-12(11(15)7-10)20(18,19)17-6-4-13(9-17)3-5-16-8-13;/h1-2,7,16H,3-6,8-9H2;1H. The van der Waals surface area contributed by atoms with Crippen LogP contribution in [0.4, 0.5) is 4.39 Å². The second-order valence-corrected chi connectivity index (χ2v) is 8.41. The molecule has 2 aliphatic heterocycles. The molecule has 0 saturated carbocycles. The quantitative estimate of drug-likeness (QED) is 0.831. The van der Waals surface area contributed by atoms with E-state index in [-0.39, 0.29) is 22.7 Å². The molecule has 1 spiro atoms. The van der Waals surface area contributed by atoms with Gasteiger partial charge in [0.2, 0.25) is 10.0 Å². The predicted molar refractivity (Wildman–Crippen MR) is 84.6 cm³/mol. The van der Waals surface area contributed by atoms with Crippen LogP contribution in [0.15, 0.2) is 27.6 Å². The van der Waals surface area contributed by atoms with Crippen molar-refractivity contribution < 1.29 is 12.8 Å². The fourth-order valence-electron chi connectivity index (χ4n) is 3.07. The Labute approximate surface area is 138 Å². The number of nitrogens with zero attached hydrogens (tertiary/aromatic N) is 1. The monoisotopic (exact) mass is 398 g/mol. The normalized spacial score (nSPS) is 26.2. The number of halogens is 3. The van der Waals surface area contributed by atoms with Gasteiger partial charge in [-0.15, -0.1) is 12.4 Å². The van der Waals surface area contributed by atoms with Crippen LogP contribution in [0.1, 0.15) is 12.8 Å². The van der Waals surface area contributed by atoms with E-state index in [4.69, 9.17) is 0 Å². The second kappa shape index (κ2) is 6.12. The van der Waals surface area contributed by atoms with Crippen molar-refractivity contribution in [2.45, 2.75) is 17.7 Å². The Hall–Kier alpha value is -0.210. The average molecular weight is 400 g/mol. The molecule has 1 aromatic rings. The molecule has 0 amide bonds. The summed E-state index contributed by atoms with van der Waals surface area (Å²) in [5, 5.41) is 3.28. The van der Waals surface area contributed by atoms with Crippen molar-refractivity contribution in [2.75, 3.05) is 26.2 Å². The predicted octanol–water partition coefficient (Wildman–Crippen LogP) is 2.38. The van der Waals surface area contributed by atoms with Crippen LogP contribution in [0.3, 0.4) is 0 Å². The molecule has 2 fully saturated rings. The Morgan fingerprint density at radius 3 is 2.71 bits per heavy atom. The third-order valence-electron chi connectivity index (χ3n) is 4.25. The molecule has 3 rings (SSSR count). The van der Waals surface area contributed by atoms with Crippen LogP contribution in [0.25, 0.3) is 0 Å². The van der Waals surface area contributed by atoms with E-state index in [1.165, 1.54) is 16.4 Å². The zero-order chi connectivity index (χ0) is 14.4. The van der Waals surface area contributed by atoms with Crippen molar-refractivity contribution in [1.82, 2.24) is 9.62 Å². The number of nitrogens with one attached hydrogen (secondary N) is 1. The van der Waals surface area contributed by atoms with E-state index in [1.54, 1.807) is 6.07 Å². The lowest BCUT2D eigenvalue weighted by Crippen LogP contribution is -2.33. The van der Waals surface area contributed by atoms with Gasteiger partial charge in [0.05, 0.1) is 0 Å². The highest BCUT2D eigenvalue weighted by molar-refractivity contribution is 9.10. The van der Waals surface area contributed by atoms with Crippen LogP contribution in [-0.2, 0) is 10.0 Å². The summed E-state index contributed by atoms with van der Waals surface area (Å²) >= 11 is 3.14. The first-order valence-corrected chi connectivity index (χ1v) is 8.82. The van der Waals surface area contributed by atoms with Gasteiger partial charge in [0.15, 0.2) is 0 Å². The van der Waals surface area contributed by atoms with Crippen molar-refractivity contribution in [1.29, 1.82) is 0 Å². The summed E-state index contributed by atoms with van der Waals surface area (Å²) in [6, 6.07) is 4.07. The van der Waals surface area contributed by atoms with Gasteiger partial charge in [-0.05, 0) is 43.0 Å². The van der Waals surface area contributed by atoms with Crippen LogP contribution >= 0.6 is 28.3 Å². The Morgan fingerprint density at radius 1 is 1.33 bits per heavy atom. The van der Waals surface area contributed by atoms with E-state index in [9.17, 15) is 12.8 Å². The molecule has 21 heavy (non-hydrogen) atoms. The summed E-state index contributed by atoms with van der Waals surface area (Å²) in [6.45, 7) is 2.74. The Morgan fingerprint density at radius 2 is 2.10 bits per heavy atom. The van der Waals surface area contributed by atoms with Gasteiger partial charge in [-0.25, -0.2) is 12.8 Å². The maximum atomic E-state index is 13.9. The highest BCUT2D eigenvalue weighted by Gasteiger charge is 2.44. The van der Waals surface area contributed by atoms with Gasteiger partial charge in [0, 0.05) is 24.1 Å². The number of rotatable bonds is 2. The van der Waals surface area contributed by atoms with Gasteiger partial charge in [-0.1, -0.05) is 15.9 Å². The smallest absolute Gasteiger partial charge is 0.246 e. The molecule has 1 N–H and O–H groups in total. The Bertz CT molecular complexity index is 635. The first-order valence-electron chi connectivity index (χ1n) is 6.59. The number of benzene rings is 1. The minimum absolute atomic E-state index is 0. The summed E-state index contributed by atoms with van der Waals surface area (Å²) in [6.07, 6.45) is 1.83. The van der Waals surface area contributed by atoms with Crippen LogP contribution in [-0.4, -0.2) is 38.9 Å². The van der Waals surface area contributed by atoms with E-state index >= 15 is 0 Å². The molecule has 0 bridgehead atoms. The zero-order valence-electron chi connectivity index (χ0n) is 11.3. The second-order valence-electron chi connectivity index (χ2n) is 5.59. The minimum atomic E-state index is -3.74. The third kappa shape index (κ3) is 3.12. The van der Waals surface area contributed by atoms with E-state index in [0.29, 0.717) is 17.6 Å². The highest BCUT2D eigenvalue weighted by atomic mass is 79.9. The maximum Gasteiger partial charge on any atom is 0.246 e. The summed E-state index contributed by atoms with van der Waals surface area (Å²) in [5.74, 6) is -0.704. The van der Waals surface area contributed by atoms with Crippen molar-refractivity contribution in [2.24, 2.45) is 5.41 Å². The van der Waals surface area contributed by atoms with Crippen molar-refractivity contribution in [3.8, 4) is 0 Å². The molecular weight excluding hydrogens is 383 g/mol. The third-order valence-corrected chi connectivity index (χ3v) is 6.62. The molecule has 4 nitrogen and oxygen atoms in total. The first-order chi connectivity index (χ1) is 9.43. The molecule has 1 unspecified atom stereocenters. The number of sulfonamides is 1. The van der Waals surface area contributed by atoms with Gasteiger partial charge >= 0.3 is 0 Å². The van der Waals surface area contributed by atoms with Gasteiger partial charge < -0.3 is 5.32 Å². The lowest BCUT2D eigenvalue weighted by atomic mass is 9.87. The van der Waals surface area contributed by atoms with E-state index < -0.39 is 15.8 Å². The average Bonchev–Trinajstić information content (AvgIpc) is 3.00. The molecule has 1 aromatic carbocycles.